The molecule has 0 radical (unpaired) electrons. The molecule has 0 atom stereocenters. The van der Waals surface area contributed by atoms with Crippen molar-refractivity contribution >= 4 is 29.1 Å². The summed E-state index contributed by atoms with van der Waals surface area (Å²) in [4.78, 5) is 35.7. The van der Waals surface area contributed by atoms with Crippen LogP contribution >= 0.6 is 0 Å². The zero-order valence-electron chi connectivity index (χ0n) is 15.2. The summed E-state index contributed by atoms with van der Waals surface area (Å²) in [6.07, 6.45) is 1.92. The first-order chi connectivity index (χ1) is 13.0. The van der Waals surface area contributed by atoms with E-state index in [9.17, 15) is 14.4 Å². The van der Waals surface area contributed by atoms with Gasteiger partial charge in [-0.3, -0.25) is 14.4 Å². The van der Waals surface area contributed by atoms with Crippen molar-refractivity contribution in [1.29, 1.82) is 0 Å². The third kappa shape index (κ3) is 6.14. The molecule has 7 nitrogen and oxygen atoms in total. The van der Waals surface area contributed by atoms with Gasteiger partial charge in [0.15, 0.2) is 0 Å². The van der Waals surface area contributed by atoms with Crippen LogP contribution in [0.2, 0.25) is 0 Å². The fourth-order valence-electron chi connectivity index (χ4n) is 2.45. The molecule has 3 amide bonds. The van der Waals surface area contributed by atoms with Gasteiger partial charge in [-0.25, -0.2) is 0 Å². The molecule has 2 aromatic rings. The maximum Gasteiger partial charge on any atom is 0.251 e. The van der Waals surface area contributed by atoms with E-state index in [0.29, 0.717) is 29.0 Å². The molecule has 27 heavy (non-hydrogen) atoms. The Labute approximate surface area is 158 Å². The number of rotatable bonds is 9. The minimum absolute atomic E-state index is 0.0444. The van der Waals surface area contributed by atoms with Gasteiger partial charge in [0.2, 0.25) is 5.91 Å². The van der Waals surface area contributed by atoms with Gasteiger partial charge in [0.1, 0.15) is 0 Å². The molecular formula is C20H24N4O3. The maximum absolute atomic E-state index is 12.2. The summed E-state index contributed by atoms with van der Waals surface area (Å²) in [5.74, 6) is -1.05. The number of carbonyl (C=O) groups excluding carboxylic acids is 3. The summed E-state index contributed by atoms with van der Waals surface area (Å²) in [5.41, 5.74) is 7.13. The number of amides is 3. The summed E-state index contributed by atoms with van der Waals surface area (Å²) < 4.78 is 0. The fourth-order valence-corrected chi connectivity index (χ4v) is 2.45. The van der Waals surface area contributed by atoms with Gasteiger partial charge in [-0.2, -0.15) is 0 Å². The molecule has 0 aliphatic heterocycles. The number of hydrogen-bond donors (Lipinski definition) is 4. The van der Waals surface area contributed by atoms with E-state index in [1.807, 2.05) is 0 Å². The number of anilines is 2. The number of para-hydroxylation sites is 1. The molecule has 5 N–H and O–H groups in total. The highest BCUT2D eigenvalue weighted by Gasteiger charge is 2.10. The van der Waals surface area contributed by atoms with Crippen molar-refractivity contribution < 1.29 is 14.4 Å². The van der Waals surface area contributed by atoms with Crippen LogP contribution in [0.15, 0.2) is 48.5 Å². The Morgan fingerprint density at radius 1 is 1.04 bits per heavy atom. The van der Waals surface area contributed by atoms with Gasteiger partial charge in [-0.05, 0) is 36.8 Å². The van der Waals surface area contributed by atoms with E-state index in [0.717, 1.165) is 12.8 Å². The number of primary amides is 1. The quantitative estimate of drug-likeness (QED) is 0.509. The van der Waals surface area contributed by atoms with Gasteiger partial charge >= 0.3 is 0 Å². The van der Waals surface area contributed by atoms with Gasteiger partial charge in [0.05, 0.1) is 12.1 Å². The van der Waals surface area contributed by atoms with E-state index < -0.39 is 5.91 Å². The van der Waals surface area contributed by atoms with Crippen LogP contribution in [0.25, 0.3) is 0 Å². The highest BCUT2D eigenvalue weighted by molar-refractivity contribution is 6.00. The fraction of sp³-hybridized carbons (Fsp3) is 0.250. The van der Waals surface area contributed by atoms with E-state index in [1.54, 1.807) is 48.5 Å². The smallest absolute Gasteiger partial charge is 0.251 e. The van der Waals surface area contributed by atoms with E-state index in [-0.39, 0.29) is 18.4 Å². The molecule has 0 unspecified atom stereocenters. The SMILES string of the molecule is CCCCNC(=O)c1cccc(NC(=O)CNc2ccccc2C(N)=O)c1. The third-order valence-electron chi connectivity index (χ3n) is 3.86. The minimum Gasteiger partial charge on any atom is -0.376 e. The molecule has 0 saturated carbocycles. The van der Waals surface area contributed by atoms with Crippen LogP contribution in [0.1, 0.15) is 40.5 Å². The van der Waals surface area contributed by atoms with E-state index in [2.05, 4.69) is 22.9 Å². The zero-order valence-corrected chi connectivity index (χ0v) is 15.2. The monoisotopic (exact) mass is 368 g/mol. The molecule has 2 aromatic carbocycles. The first-order valence-corrected chi connectivity index (χ1v) is 8.82. The van der Waals surface area contributed by atoms with Crippen molar-refractivity contribution in [3.63, 3.8) is 0 Å². The topological polar surface area (TPSA) is 113 Å². The minimum atomic E-state index is -0.569. The highest BCUT2D eigenvalue weighted by atomic mass is 16.2. The molecule has 0 heterocycles. The predicted octanol–water partition coefficient (Wildman–Crippen LogP) is 2.37. The lowest BCUT2D eigenvalue weighted by atomic mass is 10.1. The van der Waals surface area contributed by atoms with Gasteiger partial charge in [0, 0.05) is 23.5 Å². The van der Waals surface area contributed by atoms with E-state index in [4.69, 9.17) is 5.73 Å². The van der Waals surface area contributed by atoms with Crippen LogP contribution in [0, 0.1) is 0 Å². The summed E-state index contributed by atoms with van der Waals surface area (Å²) >= 11 is 0. The molecule has 0 aromatic heterocycles. The molecule has 142 valence electrons. The van der Waals surface area contributed by atoms with Crippen molar-refractivity contribution in [3.8, 4) is 0 Å². The second-order valence-corrected chi connectivity index (χ2v) is 6.00. The normalized spacial score (nSPS) is 10.1. The van der Waals surface area contributed by atoms with Crippen molar-refractivity contribution in [2.45, 2.75) is 19.8 Å². The van der Waals surface area contributed by atoms with Gasteiger partial charge < -0.3 is 21.7 Å². The largest absolute Gasteiger partial charge is 0.376 e. The molecule has 0 aliphatic carbocycles. The van der Waals surface area contributed by atoms with Crippen LogP contribution < -0.4 is 21.7 Å². The van der Waals surface area contributed by atoms with Crippen LogP contribution in [0.3, 0.4) is 0 Å². The second kappa shape index (κ2) is 9.96. The average Bonchev–Trinajstić information content (AvgIpc) is 2.67. The molecule has 0 saturated heterocycles. The van der Waals surface area contributed by atoms with Crippen LogP contribution in [-0.2, 0) is 4.79 Å². The van der Waals surface area contributed by atoms with Crippen LogP contribution in [0.5, 0.6) is 0 Å². The maximum atomic E-state index is 12.2. The molecule has 2 rings (SSSR count). The summed E-state index contributed by atoms with van der Waals surface area (Å²) in [6.45, 7) is 2.63. The van der Waals surface area contributed by atoms with Gasteiger partial charge in [-0.15, -0.1) is 0 Å². The van der Waals surface area contributed by atoms with Crippen LogP contribution in [0.4, 0.5) is 11.4 Å². The molecular weight excluding hydrogens is 344 g/mol. The summed E-state index contributed by atoms with van der Waals surface area (Å²) in [6, 6.07) is 13.4. The molecule has 7 heteroatoms. The number of carbonyl (C=O) groups is 3. The Morgan fingerprint density at radius 2 is 1.81 bits per heavy atom. The third-order valence-corrected chi connectivity index (χ3v) is 3.86. The van der Waals surface area contributed by atoms with E-state index in [1.165, 1.54) is 0 Å². The Balaban J connectivity index is 1.93. The van der Waals surface area contributed by atoms with Crippen molar-refractivity contribution in [2.24, 2.45) is 5.73 Å². The number of nitrogens with one attached hydrogen (secondary N) is 3. The van der Waals surface area contributed by atoms with E-state index >= 15 is 0 Å². The summed E-state index contributed by atoms with van der Waals surface area (Å²) in [5, 5.41) is 8.46. The Morgan fingerprint density at radius 3 is 2.56 bits per heavy atom. The Kier molecular flexibility index (Phi) is 7.37. The van der Waals surface area contributed by atoms with Gasteiger partial charge in [0.25, 0.3) is 11.8 Å². The summed E-state index contributed by atoms with van der Waals surface area (Å²) in [7, 11) is 0. The lowest BCUT2D eigenvalue weighted by Gasteiger charge is -2.11. The first kappa shape index (κ1) is 20.0. The number of nitrogens with two attached hydrogens (primary N) is 1. The first-order valence-electron chi connectivity index (χ1n) is 8.82. The zero-order chi connectivity index (χ0) is 19.6. The molecule has 0 fully saturated rings. The number of unbranched alkanes of at least 4 members (excludes halogenated alkanes) is 1. The number of benzene rings is 2. The lowest BCUT2D eigenvalue weighted by molar-refractivity contribution is -0.114. The van der Waals surface area contributed by atoms with Crippen molar-refractivity contribution in [1.82, 2.24) is 5.32 Å². The Bertz CT molecular complexity index is 820. The van der Waals surface area contributed by atoms with Crippen LogP contribution in [-0.4, -0.2) is 30.8 Å². The van der Waals surface area contributed by atoms with Crippen molar-refractivity contribution in [3.05, 3.63) is 59.7 Å². The second-order valence-electron chi connectivity index (χ2n) is 6.00. The average molecular weight is 368 g/mol. The lowest BCUT2D eigenvalue weighted by Crippen LogP contribution is -2.25. The van der Waals surface area contributed by atoms with Gasteiger partial charge in [-0.1, -0.05) is 31.5 Å². The predicted molar refractivity (Wildman–Crippen MR) is 106 cm³/mol. The Hall–Kier alpha value is -3.35. The standard InChI is InChI=1S/C20H24N4O3/c1-2-3-11-22-20(27)14-7-6-8-15(12-14)24-18(25)13-23-17-10-5-4-9-16(17)19(21)26/h4-10,12,23H,2-3,11,13H2,1H3,(H2,21,26)(H,22,27)(H,24,25). The molecule has 0 bridgehead atoms. The molecule has 0 spiro atoms. The van der Waals surface area contributed by atoms with Crippen molar-refractivity contribution in [2.75, 3.05) is 23.7 Å². The molecule has 0 aliphatic rings. The highest BCUT2D eigenvalue weighted by Crippen LogP contribution is 2.14. The number of hydrogen-bond acceptors (Lipinski definition) is 4.